The van der Waals surface area contributed by atoms with Crippen molar-refractivity contribution < 1.29 is 4.92 Å². The number of guanidine groups is 1. The molecular formula is C20H28IN5O2. The Morgan fingerprint density at radius 3 is 2.54 bits per heavy atom. The molecule has 1 heterocycles. The highest BCUT2D eigenvalue weighted by atomic mass is 127. The quantitative estimate of drug-likeness (QED) is 0.130. The number of nitrogens with zero attached hydrogens (tertiary/aromatic N) is 3. The van der Waals surface area contributed by atoms with Crippen molar-refractivity contribution in [3.63, 3.8) is 0 Å². The highest BCUT2D eigenvalue weighted by Gasteiger charge is 2.03. The van der Waals surface area contributed by atoms with Gasteiger partial charge in [0.1, 0.15) is 0 Å². The summed E-state index contributed by atoms with van der Waals surface area (Å²) < 4.78 is 0. The largest absolute Gasteiger partial charge is 0.357 e. The summed E-state index contributed by atoms with van der Waals surface area (Å²) in [5.74, 6) is 0.823. The van der Waals surface area contributed by atoms with Gasteiger partial charge in [-0.2, -0.15) is 0 Å². The van der Waals surface area contributed by atoms with Crippen molar-refractivity contribution in [3.05, 3.63) is 70.0 Å². The van der Waals surface area contributed by atoms with Crippen molar-refractivity contribution in [2.45, 2.75) is 32.6 Å². The average Bonchev–Trinajstić information content (AvgIpc) is 2.69. The van der Waals surface area contributed by atoms with Gasteiger partial charge in [-0.3, -0.25) is 20.1 Å². The van der Waals surface area contributed by atoms with Crippen LogP contribution in [0.2, 0.25) is 0 Å². The van der Waals surface area contributed by atoms with E-state index >= 15 is 0 Å². The second kappa shape index (κ2) is 13.9. The Balaban J connectivity index is 0.00000392. The molecule has 8 heteroatoms. The Labute approximate surface area is 183 Å². The van der Waals surface area contributed by atoms with Crippen LogP contribution in [-0.2, 0) is 12.8 Å². The van der Waals surface area contributed by atoms with Crippen LogP contribution in [0.25, 0.3) is 0 Å². The highest BCUT2D eigenvalue weighted by molar-refractivity contribution is 14.0. The number of hydrogen-bond acceptors (Lipinski definition) is 4. The third-order valence-electron chi connectivity index (χ3n) is 4.03. The van der Waals surface area contributed by atoms with Crippen LogP contribution in [0.4, 0.5) is 5.69 Å². The number of aromatic nitrogens is 1. The van der Waals surface area contributed by atoms with E-state index in [-0.39, 0.29) is 34.6 Å². The summed E-state index contributed by atoms with van der Waals surface area (Å²) in [4.78, 5) is 19.2. The van der Waals surface area contributed by atoms with Crippen LogP contribution in [0.5, 0.6) is 0 Å². The van der Waals surface area contributed by atoms with Crippen molar-refractivity contribution in [2.75, 3.05) is 19.6 Å². The average molecular weight is 497 g/mol. The number of aryl methyl sites for hydroxylation is 1. The fraction of sp³-hybridized carbons (Fsp3) is 0.400. The summed E-state index contributed by atoms with van der Waals surface area (Å²) in [6, 6.07) is 12.7. The molecule has 0 aliphatic heterocycles. The first-order chi connectivity index (χ1) is 13.2. The smallest absolute Gasteiger partial charge is 0.269 e. The number of pyridine rings is 1. The Morgan fingerprint density at radius 1 is 1.11 bits per heavy atom. The van der Waals surface area contributed by atoms with Crippen molar-refractivity contribution in [1.82, 2.24) is 15.6 Å². The first-order valence-electron chi connectivity index (χ1n) is 9.34. The lowest BCUT2D eigenvalue weighted by Gasteiger charge is -2.11. The molecule has 2 aromatic rings. The summed E-state index contributed by atoms with van der Waals surface area (Å²) in [7, 11) is 0. The van der Waals surface area contributed by atoms with Gasteiger partial charge in [-0.25, -0.2) is 0 Å². The standard InChI is InChI=1S/C20H27N5O2.HI/c1-2-21-20(24-16-13-18-8-4-6-14-22-18)23-15-5-3-7-17-9-11-19(12-10-17)25(26)27;/h4,6,8-12,14H,2-3,5,7,13,15-16H2,1H3,(H2,21,23,24);1H. The molecule has 0 atom stereocenters. The number of nitrogens with one attached hydrogen (secondary N) is 2. The van der Waals surface area contributed by atoms with Crippen molar-refractivity contribution in [3.8, 4) is 0 Å². The molecule has 2 N–H and O–H groups in total. The van der Waals surface area contributed by atoms with Crippen LogP contribution in [0.3, 0.4) is 0 Å². The van der Waals surface area contributed by atoms with Gasteiger partial charge in [0.05, 0.1) is 4.92 Å². The maximum Gasteiger partial charge on any atom is 0.269 e. The summed E-state index contributed by atoms with van der Waals surface area (Å²) >= 11 is 0. The van der Waals surface area contributed by atoms with Crippen molar-refractivity contribution in [2.24, 2.45) is 4.99 Å². The Morgan fingerprint density at radius 2 is 1.89 bits per heavy atom. The molecule has 0 saturated carbocycles. The van der Waals surface area contributed by atoms with Gasteiger partial charge in [0.15, 0.2) is 5.96 Å². The Bertz CT molecular complexity index is 723. The lowest BCUT2D eigenvalue weighted by Crippen LogP contribution is -2.38. The molecular weight excluding hydrogens is 469 g/mol. The third-order valence-corrected chi connectivity index (χ3v) is 4.03. The van der Waals surface area contributed by atoms with E-state index in [2.05, 4.69) is 20.6 Å². The number of nitro benzene ring substituents is 1. The number of aliphatic imine (C=N–C) groups is 1. The fourth-order valence-corrected chi connectivity index (χ4v) is 2.61. The number of non-ortho nitro benzene ring substituents is 1. The monoisotopic (exact) mass is 497 g/mol. The molecule has 28 heavy (non-hydrogen) atoms. The molecule has 0 fully saturated rings. The Hall–Kier alpha value is -2.23. The normalized spacial score (nSPS) is 10.8. The maximum absolute atomic E-state index is 10.7. The van der Waals surface area contributed by atoms with E-state index < -0.39 is 0 Å². The number of rotatable bonds is 10. The van der Waals surface area contributed by atoms with Crippen molar-refractivity contribution in [1.29, 1.82) is 0 Å². The van der Waals surface area contributed by atoms with Gasteiger partial charge in [0.2, 0.25) is 0 Å². The van der Waals surface area contributed by atoms with E-state index in [1.165, 1.54) is 0 Å². The SMILES string of the molecule is CCNC(=NCCCCc1ccc([N+](=O)[O-])cc1)NCCc1ccccn1.I. The predicted octanol–water partition coefficient (Wildman–Crippen LogP) is 3.73. The molecule has 152 valence electrons. The van der Waals surface area contributed by atoms with E-state index in [0.717, 1.165) is 62.5 Å². The zero-order chi connectivity index (χ0) is 19.3. The molecule has 0 radical (unpaired) electrons. The summed E-state index contributed by atoms with van der Waals surface area (Å²) in [6.45, 7) is 4.39. The number of unbranched alkanes of at least 4 members (excludes halogenated alkanes) is 1. The Kier molecular flexibility index (Phi) is 11.8. The van der Waals surface area contributed by atoms with Crippen LogP contribution in [0.1, 0.15) is 31.0 Å². The molecule has 0 aliphatic carbocycles. The molecule has 0 amide bonds. The molecule has 0 saturated heterocycles. The van der Waals surface area contributed by atoms with Gasteiger partial charge in [0.25, 0.3) is 5.69 Å². The number of hydrogen-bond donors (Lipinski definition) is 2. The molecule has 0 unspecified atom stereocenters. The van der Waals surface area contributed by atoms with E-state index in [1.54, 1.807) is 18.3 Å². The van der Waals surface area contributed by atoms with Gasteiger partial charge < -0.3 is 10.6 Å². The van der Waals surface area contributed by atoms with Crippen LogP contribution in [0, 0.1) is 10.1 Å². The fourth-order valence-electron chi connectivity index (χ4n) is 2.61. The molecule has 0 spiro atoms. The number of benzene rings is 1. The molecule has 1 aromatic heterocycles. The van der Waals surface area contributed by atoms with Gasteiger partial charge in [-0.05, 0) is 43.9 Å². The summed E-state index contributed by atoms with van der Waals surface area (Å²) in [6.07, 6.45) is 5.52. The summed E-state index contributed by atoms with van der Waals surface area (Å²) in [5, 5.41) is 17.2. The second-order valence-corrected chi connectivity index (χ2v) is 6.14. The zero-order valence-electron chi connectivity index (χ0n) is 16.1. The second-order valence-electron chi connectivity index (χ2n) is 6.14. The van der Waals surface area contributed by atoms with Gasteiger partial charge in [-0.1, -0.05) is 18.2 Å². The lowest BCUT2D eigenvalue weighted by molar-refractivity contribution is -0.384. The first kappa shape index (κ1) is 23.8. The first-order valence-corrected chi connectivity index (χ1v) is 9.34. The van der Waals surface area contributed by atoms with Crippen LogP contribution >= 0.6 is 24.0 Å². The molecule has 2 rings (SSSR count). The number of nitro groups is 1. The highest BCUT2D eigenvalue weighted by Crippen LogP contribution is 2.13. The van der Waals surface area contributed by atoms with E-state index in [9.17, 15) is 10.1 Å². The van der Waals surface area contributed by atoms with E-state index in [4.69, 9.17) is 0 Å². The predicted molar refractivity (Wildman–Crippen MR) is 123 cm³/mol. The van der Waals surface area contributed by atoms with Gasteiger partial charge in [0, 0.05) is 50.1 Å². The molecule has 1 aromatic carbocycles. The minimum atomic E-state index is -0.373. The zero-order valence-corrected chi connectivity index (χ0v) is 18.5. The minimum absolute atomic E-state index is 0. The lowest BCUT2D eigenvalue weighted by atomic mass is 10.1. The number of halogens is 1. The molecule has 0 bridgehead atoms. The third kappa shape index (κ3) is 9.12. The van der Waals surface area contributed by atoms with Gasteiger partial charge >= 0.3 is 0 Å². The van der Waals surface area contributed by atoms with Crippen LogP contribution in [-0.4, -0.2) is 35.5 Å². The van der Waals surface area contributed by atoms with Crippen LogP contribution < -0.4 is 10.6 Å². The van der Waals surface area contributed by atoms with Crippen LogP contribution in [0.15, 0.2) is 53.7 Å². The minimum Gasteiger partial charge on any atom is -0.357 e. The topological polar surface area (TPSA) is 92.5 Å². The maximum atomic E-state index is 10.7. The van der Waals surface area contributed by atoms with E-state index in [0.29, 0.717) is 0 Å². The van der Waals surface area contributed by atoms with E-state index in [1.807, 2.05) is 37.3 Å². The summed E-state index contributed by atoms with van der Waals surface area (Å²) in [5.41, 5.74) is 2.31. The van der Waals surface area contributed by atoms with Gasteiger partial charge in [-0.15, -0.1) is 24.0 Å². The van der Waals surface area contributed by atoms with Crippen molar-refractivity contribution >= 4 is 35.6 Å². The molecule has 0 aliphatic rings. The molecule has 7 nitrogen and oxygen atoms in total.